The highest BCUT2D eigenvalue weighted by atomic mass is 35.5. The standard InChI is InChI=1S/C18H15ClFN3O2S/c19-13-10-11(7-8-14(13)20)21-16(24)6-3-9-23-17(25)12-4-1-2-5-15(12)22-18(23)26/h1-2,4-5,7-8,10H,3,6,9H2,(H,21,24)(H,22,26). The first kappa shape index (κ1) is 18.3. The van der Waals surface area contributed by atoms with E-state index in [-0.39, 0.29) is 22.9 Å². The van der Waals surface area contributed by atoms with Gasteiger partial charge in [-0.3, -0.25) is 14.2 Å². The van der Waals surface area contributed by atoms with Crippen LogP contribution in [-0.2, 0) is 11.3 Å². The Hall–Kier alpha value is -2.51. The van der Waals surface area contributed by atoms with Crippen LogP contribution in [0.4, 0.5) is 10.1 Å². The highest BCUT2D eigenvalue weighted by Gasteiger charge is 2.08. The van der Waals surface area contributed by atoms with Crippen molar-refractivity contribution in [1.82, 2.24) is 9.55 Å². The summed E-state index contributed by atoms with van der Waals surface area (Å²) in [5, 5.41) is 3.13. The highest BCUT2D eigenvalue weighted by Crippen LogP contribution is 2.19. The molecule has 0 aliphatic rings. The van der Waals surface area contributed by atoms with Gasteiger partial charge in [0.1, 0.15) is 5.82 Å². The van der Waals surface area contributed by atoms with Crippen molar-refractivity contribution >= 4 is 46.3 Å². The van der Waals surface area contributed by atoms with Gasteiger partial charge in [0, 0.05) is 18.7 Å². The highest BCUT2D eigenvalue weighted by molar-refractivity contribution is 7.71. The molecule has 8 heteroatoms. The molecule has 26 heavy (non-hydrogen) atoms. The molecule has 134 valence electrons. The number of anilines is 1. The summed E-state index contributed by atoms with van der Waals surface area (Å²) in [4.78, 5) is 27.5. The summed E-state index contributed by atoms with van der Waals surface area (Å²) >= 11 is 10.9. The Kier molecular flexibility index (Phi) is 5.49. The van der Waals surface area contributed by atoms with Gasteiger partial charge in [-0.05, 0) is 49.0 Å². The van der Waals surface area contributed by atoms with Crippen LogP contribution in [0.3, 0.4) is 0 Å². The number of hydrogen-bond acceptors (Lipinski definition) is 3. The number of para-hydroxylation sites is 1. The summed E-state index contributed by atoms with van der Waals surface area (Å²) in [6, 6.07) is 11.1. The largest absolute Gasteiger partial charge is 0.332 e. The Morgan fingerprint density at radius 1 is 1.27 bits per heavy atom. The van der Waals surface area contributed by atoms with Crippen LogP contribution in [0.1, 0.15) is 12.8 Å². The van der Waals surface area contributed by atoms with Gasteiger partial charge in [0.15, 0.2) is 4.77 Å². The van der Waals surface area contributed by atoms with E-state index >= 15 is 0 Å². The first-order valence-electron chi connectivity index (χ1n) is 7.92. The summed E-state index contributed by atoms with van der Waals surface area (Å²) in [6.07, 6.45) is 0.611. The third kappa shape index (κ3) is 4.00. The second kappa shape index (κ2) is 7.80. The summed E-state index contributed by atoms with van der Waals surface area (Å²) in [7, 11) is 0. The summed E-state index contributed by atoms with van der Waals surface area (Å²) in [6.45, 7) is 0.316. The smallest absolute Gasteiger partial charge is 0.262 e. The molecule has 0 fully saturated rings. The van der Waals surface area contributed by atoms with Crippen molar-refractivity contribution in [2.75, 3.05) is 5.32 Å². The molecule has 0 saturated heterocycles. The zero-order valence-electron chi connectivity index (χ0n) is 13.6. The van der Waals surface area contributed by atoms with E-state index in [1.165, 1.54) is 22.8 Å². The van der Waals surface area contributed by atoms with Crippen LogP contribution in [0, 0.1) is 10.6 Å². The van der Waals surface area contributed by atoms with Crippen molar-refractivity contribution in [2.45, 2.75) is 19.4 Å². The predicted molar refractivity (Wildman–Crippen MR) is 103 cm³/mol. The summed E-state index contributed by atoms with van der Waals surface area (Å²) < 4.78 is 14.9. The number of benzene rings is 2. The number of nitrogens with zero attached hydrogens (tertiary/aromatic N) is 1. The zero-order valence-corrected chi connectivity index (χ0v) is 15.2. The molecule has 1 amide bonds. The second-order valence-corrected chi connectivity index (χ2v) is 6.51. The number of aromatic nitrogens is 2. The van der Waals surface area contributed by atoms with E-state index in [1.807, 2.05) is 6.07 Å². The number of nitrogens with one attached hydrogen (secondary N) is 2. The molecule has 1 heterocycles. The number of hydrogen-bond donors (Lipinski definition) is 2. The SMILES string of the molecule is O=C(CCCn1c(=S)[nH]c2ccccc2c1=O)Nc1ccc(F)c(Cl)c1. The van der Waals surface area contributed by atoms with Crippen molar-refractivity contribution in [3.05, 3.63) is 68.4 Å². The Labute approximate surface area is 158 Å². The van der Waals surface area contributed by atoms with E-state index in [0.717, 1.165) is 0 Å². The van der Waals surface area contributed by atoms with Crippen molar-refractivity contribution in [3.8, 4) is 0 Å². The van der Waals surface area contributed by atoms with Crippen LogP contribution in [0.25, 0.3) is 10.9 Å². The summed E-state index contributed by atoms with van der Waals surface area (Å²) in [5.41, 5.74) is 0.918. The Balaban J connectivity index is 1.65. The van der Waals surface area contributed by atoms with Gasteiger partial charge in [0.05, 0.1) is 15.9 Å². The third-order valence-corrected chi connectivity index (χ3v) is 4.49. The van der Waals surface area contributed by atoms with Crippen LogP contribution in [0.5, 0.6) is 0 Å². The first-order valence-corrected chi connectivity index (χ1v) is 8.71. The molecule has 0 unspecified atom stereocenters. The number of H-pyrrole nitrogens is 1. The molecule has 2 aromatic carbocycles. The van der Waals surface area contributed by atoms with Crippen LogP contribution in [-0.4, -0.2) is 15.5 Å². The lowest BCUT2D eigenvalue weighted by molar-refractivity contribution is -0.116. The molecule has 0 aliphatic carbocycles. The minimum atomic E-state index is -0.547. The van der Waals surface area contributed by atoms with Crippen molar-refractivity contribution in [1.29, 1.82) is 0 Å². The Bertz CT molecular complexity index is 1090. The quantitative estimate of drug-likeness (QED) is 0.638. The molecule has 2 N–H and O–H groups in total. The molecule has 0 spiro atoms. The monoisotopic (exact) mass is 391 g/mol. The van der Waals surface area contributed by atoms with Crippen LogP contribution < -0.4 is 10.9 Å². The predicted octanol–water partition coefficient (Wildman–Crippen LogP) is 4.27. The van der Waals surface area contributed by atoms with Gasteiger partial charge in [-0.2, -0.15) is 0 Å². The van der Waals surface area contributed by atoms with E-state index in [2.05, 4.69) is 10.3 Å². The van der Waals surface area contributed by atoms with Gasteiger partial charge in [-0.1, -0.05) is 23.7 Å². The minimum Gasteiger partial charge on any atom is -0.332 e. The lowest BCUT2D eigenvalue weighted by Gasteiger charge is -2.09. The fraction of sp³-hybridized carbons (Fsp3) is 0.167. The van der Waals surface area contributed by atoms with Gasteiger partial charge in [0.25, 0.3) is 5.56 Å². The maximum Gasteiger partial charge on any atom is 0.262 e. The van der Waals surface area contributed by atoms with Crippen molar-refractivity contribution < 1.29 is 9.18 Å². The van der Waals surface area contributed by atoms with Crippen LogP contribution in [0.15, 0.2) is 47.3 Å². The van der Waals surface area contributed by atoms with Crippen molar-refractivity contribution in [3.63, 3.8) is 0 Å². The van der Waals surface area contributed by atoms with E-state index in [4.69, 9.17) is 23.8 Å². The van der Waals surface area contributed by atoms with Gasteiger partial charge >= 0.3 is 0 Å². The molecule has 0 radical (unpaired) electrons. The molecule has 0 aliphatic heterocycles. The maximum atomic E-state index is 13.1. The number of amides is 1. The van der Waals surface area contributed by atoms with E-state index in [1.54, 1.807) is 18.2 Å². The average Bonchev–Trinajstić information content (AvgIpc) is 2.61. The molecule has 3 rings (SSSR count). The number of rotatable bonds is 5. The molecule has 3 aromatic rings. The molecule has 0 atom stereocenters. The van der Waals surface area contributed by atoms with Gasteiger partial charge < -0.3 is 10.3 Å². The average molecular weight is 392 g/mol. The van der Waals surface area contributed by atoms with Gasteiger partial charge in [-0.15, -0.1) is 0 Å². The number of carbonyl (C=O) groups excluding carboxylic acids is 1. The fourth-order valence-electron chi connectivity index (χ4n) is 2.60. The molecular formula is C18H15ClFN3O2S. The van der Waals surface area contributed by atoms with Gasteiger partial charge in [-0.25, -0.2) is 4.39 Å². The number of halogens is 2. The molecule has 0 bridgehead atoms. The third-order valence-electron chi connectivity index (χ3n) is 3.88. The number of aromatic amines is 1. The summed E-state index contributed by atoms with van der Waals surface area (Å²) in [5.74, 6) is -0.800. The van der Waals surface area contributed by atoms with Crippen LogP contribution >= 0.6 is 23.8 Å². The number of fused-ring (bicyclic) bond motifs is 1. The molecule has 0 saturated carbocycles. The molecule has 1 aromatic heterocycles. The van der Waals surface area contributed by atoms with E-state index in [9.17, 15) is 14.0 Å². The lowest BCUT2D eigenvalue weighted by atomic mass is 10.2. The zero-order chi connectivity index (χ0) is 18.7. The maximum absolute atomic E-state index is 13.1. The normalized spacial score (nSPS) is 10.8. The molecule has 5 nitrogen and oxygen atoms in total. The first-order chi connectivity index (χ1) is 12.5. The fourth-order valence-corrected chi connectivity index (χ4v) is 3.06. The second-order valence-electron chi connectivity index (χ2n) is 5.71. The van der Waals surface area contributed by atoms with E-state index < -0.39 is 5.82 Å². The lowest BCUT2D eigenvalue weighted by Crippen LogP contribution is -2.23. The Morgan fingerprint density at radius 2 is 2.04 bits per heavy atom. The Morgan fingerprint density at radius 3 is 2.81 bits per heavy atom. The van der Waals surface area contributed by atoms with Crippen LogP contribution in [0.2, 0.25) is 5.02 Å². The van der Waals surface area contributed by atoms with Crippen molar-refractivity contribution in [2.24, 2.45) is 0 Å². The number of carbonyl (C=O) groups is 1. The topological polar surface area (TPSA) is 66.9 Å². The van der Waals surface area contributed by atoms with E-state index in [0.29, 0.717) is 34.3 Å². The van der Waals surface area contributed by atoms with Gasteiger partial charge in [0.2, 0.25) is 5.91 Å². The molecular weight excluding hydrogens is 377 g/mol. The minimum absolute atomic E-state index is 0.0585.